The molecule has 2 aliphatic heterocycles. The lowest BCUT2D eigenvalue weighted by Gasteiger charge is -2.38. The van der Waals surface area contributed by atoms with Crippen molar-refractivity contribution in [2.24, 2.45) is 5.92 Å². The Morgan fingerprint density at radius 1 is 1.16 bits per heavy atom. The molecule has 2 amide bonds. The van der Waals surface area contributed by atoms with Gasteiger partial charge in [0.2, 0.25) is 5.91 Å². The molecule has 0 bridgehead atoms. The lowest BCUT2D eigenvalue weighted by atomic mass is 9.99. The summed E-state index contributed by atoms with van der Waals surface area (Å²) in [6, 6.07) is 9.63. The zero-order valence-electron chi connectivity index (χ0n) is 24.9. The van der Waals surface area contributed by atoms with Crippen LogP contribution in [0.5, 0.6) is 5.75 Å². The number of ether oxygens (including phenoxy) is 2. The van der Waals surface area contributed by atoms with Gasteiger partial charge in [0.25, 0.3) is 5.91 Å². The number of amides is 2. The number of anilines is 1. The second kappa shape index (κ2) is 14.5. The Labute approximate surface area is 250 Å². The van der Waals surface area contributed by atoms with Crippen molar-refractivity contribution in [2.75, 3.05) is 64.9 Å². The summed E-state index contributed by atoms with van der Waals surface area (Å²) in [5.41, 5.74) is 0.800. The minimum Gasteiger partial charge on any atom is -0.488 e. The van der Waals surface area contributed by atoms with E-state index >= 15 is 0 Å². The Balaban J connectivity index is 1.48. The molecule has 2 aromatic carbocycles. The summed E-state index contributed by atoms with van der Waals surface area (Å²) >= 11 is 0. The van der Waals surface area contributed by atoms with Crippen molar-refractivity contribution in [3.05, 3.63) is 59.2 Å². The summed E-state index contributed by atoms with van der Waals surface area (Å²) in [6.07, 6.45) is -4.45. The van der Waals surface area contributed by atoms with Gasteiger partial charge in [0.15, 0.2) is 0 Å². The molecule has 236 valence electrons. The van der Waals surface area contributed by atoms with Gasteiger partial charge < -0.3 is 24.8 Å². The summed E-state index contributed by atoms with van der Waals surface area (Å²) in [4.78, 5) is 32.1. The fourth-order valence-electron chi connectivity index (χ4n) is 5.31. The van der Waals surface area contributed by atoms with Gasteiger partial charge in [-0.2, -0.15) is 13.2 Å². The maximum absolute atomic E-state index is 13.7. The first-order valence-electron chi connectivity index (χ1n) is 14.6. The van der Waals surface area contributed by atoms with Gasteiger partial charge in [-0.3, -0.25) is 19.4 Å². The Morgan fingerprint density at radius 3 is 2.51 bits per heavy atom. The highest BCUT2D eigenvalue weighted by atomic mass is 19.4. The van der Waals surface area contributed by atoms with Gasteiger partial charge in [0, 0.05) is 57.3 Å². The maximum atomic E-state index is 13.7. The van der Waals surface area contributed by atoms with Crippen LogP contribution >= 0.6 is 0 Å². The SMILES string of the molecule is C[C@@H]1CN([C@@H](C)CO)C(=O)c2cc(NC(=O)CCN3CCOCC3)ccc2O[C@H]1CN(C)Cc1ccc(C(F)(F)F)cc1. The number of nitrogens with one attached hydrogen (secondary N) is 1. The van der Waals surface area contributed by atoms with E-state index in [1.807, 2.05) is 18.9 Å². The molecule has 0 radical (unpaired) electrons. The minimum absolute atomic E-state index is 0.124. The van der Waals surface area contributed by atoms with Crippen molar-refractivity contribution in [1.29, 1.82) is 0 Å². The second-order valence-corrected chi connectivity index (χ2v) is 11.5. The van der Waals surface area contributed by atoms with Gasteiger partial charge >= 0.3 is 6.18 Å². The third kappa shape index (κ3) is 8.91. The summed E-state index contributed by atoms with van der Waals surface area (Å²) in [5.74, 6) is -0.223. The average molecular weight is 607 g/mol. The summed E-state index contributed by atoms with van der Waals surface area (Å²) in [7, 11) is 1.86. The van der Waals surface area contributed by atoms with Crippen molar-refractivity contribution in [3.63, 3.8) is 0 Å². The molecule has 0 saturated carbocycles. The van der Waals surface area contributed by atoms with Gasteiger partial charge in [0.1, 0.15) is 11.9 Å². The van der Waals surface area contributed by atoms with E-state index in [-0.39, 0.29) is 36.0 Å². The molecule has 0 unspecified atom stereocenters. The topological polar surface area (TPSA) is 94.6 Å². The van der Waals surface area contributed by atoms with E-state index in [9.17, 15) is 27.9 Å². The number of benzene rings is 2. The van der Waals surface area contributed by atoms with E-state index in [2.05, 4.69) is 10.2 Å². The molecule has 0 aliphatic carbocycles. The number of likely N-dealkylation sites (N-methyl/N-ethyl adjacent to an activating group) is 1. The number of fused-ring (bicyclic) bond motifs is 1. The van der Waals surface area contributed by atoms with E-state index in [0.717, 1.165) is 30.8 Å². The van der Waals surface area contributed by atoms with E-state index in [1.165, 1.54) is 12.1 Å². The zero-order valence-corrected chi connectivity index (χ0v) is 24.9. The van der Waals surface area contributed by atoms with Gasteiger partial charge in [-0.15, -0.1) is 0 Å². The molecule has 2 aliphatic rings. The molecule has 3 atom stereocenters. The van der Waals surface area contributed by atoms with E-state index in [4.69, 9.17) is 9.47 Å². The monoisotopic (exact) mass is 606 g/mol. The minimum atomic E-state index is -4.39. The van der Waals surface area contributed by atoms with Crippen LogP contribution in [0, 0.1) is 5.92 Å². The van der Waals surface area contributed by atoms with E-state index in [1.54, 1.807) is 30.0 Å². The number of aliphatic hydroxyl groups is 1. The molecule has 4 rings (SSSR count). The highest BCUT2D eigenvalue weighted by Crippen LogP contribution is 2.32. The van der Waals surface area contributed by atoms with Crippen LogP contribution in [-0.4, -0.2) is 103 Å². The molecule has 2 N–H and O–H groups in total. The number of halogens is 3. The number of carbonyl (C=O) groups is 2. The van der Waals surface area contributed by atoms with Crippen molar-refractivity contribution < 1.29 is 37.3 Å². The number of hydrogen-bond donors (Lipinski definition) is 2. The molecule has 0 spiro atoms. The highest BCUT2D eigenvalue weighted by Gasteiger charge is 2.34. The number of rotatable bonds is 10. The van der Waals surface area contributed by atoms with Crippen molar-refractivity contribution in [1.82, 2.24) is 14.7 Å². The number of alkyl halides is 3. The Hall–Kier alpha value is -3.19. The van der Waals surface area contributed by atoms with E-state index < -0.39 is 17.8 Å². The molecule has 43 heavy (non-hydrogen) atoms. The lowest BCUT2D eigenvalue weighted by molar-refractivity contribution is -0.137. The van der Waals surface area contributed by atoms with Crippen molar-refractivity contribution in [2.45, 2.75) is 45.1 Å². The predicted molar refractivity (Wildman–Crippen MR) is 156 cm³/mol. The van der Waals surface area contributed by atoms with Gasteiger partial charge in [-0.1, -0.05) is 19.1 Å². The summed E-state index contributed by atoms with van der Waals surface area (Å²) in [5, 5.41) is 12.8. The first-order valence-corrected chi connectivity index (χ1v) is 14.6. The lowest BCUT2D eigenvalue weighted by Crippen LogP contribution is -2.49. The molecular formula is C31H41F3N4O5. The zero-order chi connectivity index (χ0) is 31.1. The Morgan fingerprint density at radius 2 is 1.86 bits per heavy atom. The summed E-state index contributed by atoms with van der Waals surface area (Å²) in [6.45, 7) is 8.20. The van der Waals surface area contributed by atoms with Gasteiger partial charge in [-0.25, -0.2) is 0 Å². The third-order valence-corrected chi connectivity index (χ3v) is 7.93. The van der Waals surface area contributed by atoms with Crippen LogP contribution < -0.4 is 10.1 Å². The fourth-order valence-corrected chi connectivity index (χ4v) is 5.31. The van der Waals surface area contributed by atoms with Crippen LogP contribution in [0.25, 0.3) is 0 Å². The Bertz CT molecular complexity index is 1240. The van der Waals surface area contributed by atoms with Crippen LogP contribution in [-0.2, 0) is 22.3 Å². The smallest absolute Gasteiger partial charge is 0.416 e. The van der Waals surface area contributed by atoms with Crippen LogP contribution in [0.15, 0.2) is 42.5 Å². The molecular weight excluding hydrogens is 565 g/mol. The molecule has 12 heteroatoms. The molecule has 2 aromatic rings. The number of hydrogen-bond acceptors (Lipinski definition) is 7. The van der Waals surface area contributed by atoms with E-state index in [0.29, 0.717) is 57.3 Å². The van der Waals surface area contributed by atoms with Crippen molar-refractivity contribution in [3.8, 4) is 5.75 Å². The van der Waals surface area contributed by atoms with Crippen LogP contribution in [0.3, 0.4) is 0 Å². The largest absolute Gasteiger partial charge is 0.488 e. The Kier molecular flexibility index (Phi) is 11.0. The van der Waals surface area contributed by atoms with Crippen LogP contribution in [0.4, 0.5) is 18.9 Å². The highest BCUT2D eigenvalue weighted by molar-refractivity contribution is 6.00. The molecule has 2 heterocycles. The average Bonchev–Trinajstić information content (AvgIpc) is 2.98. The molecule has 9 nitrogen and oxygen atoms in total. The first-order chi connectivity index (χ1) is 20.4. The maximum Gasteiger partial charge on any atom is 0.416 e. The standard InChI is InChI=1S/C31H41F3N4O5/c1-21-17-38(22(2)20-39)30(41)26-16-25(35-29(40)10-11-37-12-14-42-15-13-37)8-9-27(26)43-28(21)19-36(3)18-23-4-6-24(7-5-23)31(32,33)34/h4-9,16,21-22,28,39H,10-15,17-20H2,1-3H3,(H,35,40)/t21-,22+,28+/m1/s1. The van der Waals surface area contributed by atoms with Crippen LogP contribution in [0.2, 0.25) is 0 Å². The quantitative estimate of drug-likeness (QED) is 0.426. The molecule has 1 saturated heterocycles. The van der Waals surface area contributed by atoms with Gasteiger partial charge in [0.05, 0.1) is 37.0 Å². The number of carbonyl (C=O) groups excluding carboxylic acids is 2. The number of nitrogens with zero attached hydrogens (tertiary/aromatic N) is 3. The predicted octanol–water partition coefficient (Wildman–Crippen LogP) is 3.72. The van der Waals surface area contributed by atoms with Gasteiger partial charge in [-0.05, 0) is 49.9 Å². The first kappa shape index (κ1) is 32.7. The third-order valence-electron chi connectivity index (χ3n) is 7.93. The number of morpholine rings is 1. The number of aliphatic hydroxyl groups excluding tert-OH is 1. The fraction of sp³-hybridized carbons (Fsp3) is 0.548. The van der Waals surface area contributed by atoms with Crippen LogP contribution in [0.1, 0.15) is 41.8 Å². The molecule has 0 aromatic heterocycles. The normalized spacial score (nSPS) is 20.7. The summed E-state index contributed by atoms with van der Waals surface area (Å²) < 4.78 is 50.7. The molecule has 1 fully saturated rings. The van der Waals surface area contributed by atoms with Crippen molar-refractivity contribution >= 4 is 17.5 Å². The second-order valence-electron chi connectivity index (χ2n) is 11.5.